The van der Waals surface area contributed by atoms with Gasteiger partial charge in [0.15, 0.2) is 5.82 Å². The second kappa shape index (κ2) is 10.2. The standard InChI is InChI=1S/C31H32N4O6/c1-19-17-23(34-40-19)33-27(36)24-25-29(38)35(16-13-20-9-11-22(39-3)12-10-20)26(31(25)15-14-30(24,2)41-31)28(37)32-18-21-7-5-4-6-8-21/h4-12,14-15,17,24-26H,13,16,18H2,1-3H3,(H,32,37)(H,33,34,36)/t24-,25+,26-,30-,31+/m1/s1. The highest BCUT2D eigenvalue weighted by atomic mass is 16.5. The number of hydrogen-bond acceptors (Lipinski definition) is 7. The van der Waals surface area contributed by atoms with Gasteiger partial charge in [-0.2, -0.15) is 0 Å². The van der Waals surface area contributed by atoms with Crippen molar-refractivity contribution in [2.75, 3.05) is 19.0 Å². The Morgan fingerprint density at radius 1 is 1.05 bits per heavy atom. The normalized spacial score (nSPS) is 27.6. The van der Waals surface area contributed by atoms with Crippen molar-refractivity contribution in [3.05, 3.63) is 89.7 Å². The number of anilines is 1. The van der Waals surface area contributed by atoms with Crippen molar-refractivity contribution >= 4 is 23.5 Å². The van der Waals surface area contributed by atoms with Gasteiger partial charge in [0, 0.05) is 19.2 Å². The van der Waals surface area contributed by atoms with Gasteiger partial charge in [0.2, 0.25) is 17.7 Å². The first-order chi connectivity index (χ1) is 19.7. The lowest BCUT2D eigenvalue weighted by molar-refractivity contribution is -0.144. The molecule has 0 unspecified atom stereocenters. The highest BCUT2D eigenvalue weighted by Crippen LogP contribution is 2.59. The summed E-state index contributed by atoms with van der Waals surface area (Å²) in [5.41, 5.74) is -0.430. The van der Waals surface area contributed by atoms with E-state index in [-0.39, 0.29) is 24.2 Å². The van der Waals surface area contributed by atoms with Crippen LogP contribution in [0.5, 0.6) is 5.75 Å². The van der Waals surface area contributed by atoms with Crippen LogP contribution < -0.4 is 15.4 Å². The lowest BCUT2D eigenvalue weighted by atomic mass is 9.70. The van der Waals surface area contributed by atoms with Gasteiger partial charge in [-0.25, -0.2) is 0 Å². The topological polar surface area (TPSA) is 123 Å². The largest absolute Gasteiger partial charge is 0.497 e. The second-order valence-corrected chi connectivity index (χ2v) is 11.0. The monoisotopic (exact) mass is 556 g/mol. The minimum absolute atomic E-state index is 0.260. The smallest absolute Gasteiger partial charge is 0.246 e. The van der Waals surface area contributed by atoms with Gasteiger partial charge >= 0.3 is 0 Å². The molecule has 3 amide bonds. The molecule has 2 fully saturated rings. The van der Waals surface area contributed by atoms with Crippen LogP contribution in [0.2, 0.25) is 0 Å². The van der Waals surface area contributed by atoms with E-state index in [0.717, 1.165) is 16.9 Å². The number of aryl methyl sites for hydroxylation is 1. The molecule has 2 N–H and O–H groups in total. The Hall–Kier alpha value is -4.44. The quantitative estimate of drug-likeness (QED) is 0.389. The fourth-order valence-corrected chi connectivity index (χ4v) is 6.42. The molecule has 212 valence electrons. The van der Waals surface area contributed by atoms with Gasteiger partial charge in [-0.1, -0.05) is 59.8 Å². The van der Waals surface area contributed by atoms with E-state index in [0.29, 0.717) is 18.7 Å². The number of benzene rings is 2. The second-order valence-electron chi connectivity index (χ2n) is 11.0. The Balaban J connectivity index is 1.30. The zero-order chi connectivity index (χ0) is 28.8. The molecule has 2 saturated heterocycles. The molecule has 6 rings (SSSR count). The van der Waals surface area contributed by atoms with Crippen LogP contribution in [-0.4, -0.2) is 58.7 Å². The molecule has 0 aliphatic carbocycles. The molecule has 10 heteroatoms. The van der Waals surface area contributed by atoms with Crippen LogP contribution in [0, 0.1) is 18.8 Å². The van der Waals surface area contributed by atoms with Crippen LogP contribution in [0.25, 0.3) is 0 Å². The molecule has 5 atom stereocenters. The van der Waals surface area contributed by atoms with E-state index < -0.39 is 35.0 Å². The van der Waals surface area contributed by atoms with Crippen LogP contribution in [0.3, 0.4) is 0 Å². The number of carbonyl (C=O) groups excluding carboxylic acids is 3. The Labute approximate surface area is 237 Å². The van der Waals surface area contributed by atoms with Gasteiger partial charge in [-0.15, -0.1) is 0 Å². The Bertz CT molecular complexity index is 1500. The van der Waals surface area contributed by atoms with E-state index in [1.54, 1.807) is 44.1 Å². The zero-order valence-corrected chi connectivity index (χ0v) is 23.1. The Morgan fingerprint density at radius 2 is 1.80 bits per heavy atom. The summed E-state index contributed by atoms with van der Waals surface area (Å²) in [4.78, 5) is 43.3. The molecular formula is C31H32N4O6. The first kappa shape index (κ1) is 26.8. The van der Waals surface area contributed by atoms with Crippen molar-refractivity contribution < 1.29 is 28.4 Å². The molecule has 0 saturated carbocycles. The van der Waals surface area contributed by atoms with Crippen molar-refractivity contribution in [1.82, 2.24) is 15.4 Å². The average Bonchev–Trinajstić information content (AvgIpc) is 3.68. The molecule has 3 aromatic rings. The molecule has 1 aromatic heterocycles. The lowest BCUT2D eigenvalue weighted by Gasteiger charge is -2.33. The summed E-state index contributed by atoms with van der Waals surface area (Å²) in [6.07, 6.45) is 4.12. The maximum absolute atomic E-state index is 14.2. The number of nitrogens with one attached hydrogen (secondary N) is 2. The third-order valence-electron chi connectivity index (χ3n) is 8.32. The molecule has 2 bridgehead atoms. The average molecular weight is 557 g/mol. The summed E-state index contributed by atoms with van der Waals surface area (Å²) in [6, 6.07) is 17.8. The number of hydrogen-bond donors (Lipinski definition) is 2. The fraction of sp³-hybridized carbons (Fsp3) is 0.355. The van der Waals surface area contributed by atoms with Gasteiger partial charge < -0.3 is 29.5 Å². The molecule has 3 aliphatic rings. The minimum Gasteiger partial charge on any atom is -0.497 e. The molecule has 2 aromatic carbocycles. The number of amides is 3. The molecule has 10 nitrogen and oxygen atoms in total. The number of rotatable bonds is 9. The van der Waals surface area contributed by atoms with Gasteiger partial charge in [0.1, 0.15) is 23.2 Å². The van der Waals surface area contributed by atoms with E-state index >= 15 is 0 Å². The highest BCUT2D eigenvalue weighted by molar-refractivity contribution is 6.03. The number of carbonyl (C=O) groups is 3. The number of likely N-dealkylation sites (tertiary alicyclic amines) is 1. The van der Waals surface area contributed by atoms with Gasteiger partial charge in [0.25, 0.3) is 0 Å². The Morgan fingerprint density at radius 3 is 2.49 bits per heavy atom. The highest BCUT2D eigenvalue weighted by Gasteiger charge is 2.76. The van der Waals surface area contributed by atoms with Crippen molar-refractivity contribution in [3.8, 4) is 5.75 Å². The SMILES string of the molecule is COc1ccc(CCN2C(=O)[C@@H]3[C@H](C(=O)Nc4cc(C)on4)[C@@]4(C)C=C[C@@]3(O4)[C@H]2C(=O)NCc2ccccc2)cc1. The Kier molecular flexibility index (Phi) is 6.65. The number of methoxy groups -OCH3 is 1. The van der Waals surface area contributed by atoms with Crippen LogP contribution in [0.1, 0.15) is 23.8 Å². The first-order valence-corrected chi connectivity index (χ1v) is 13.6. The maximum Gasteiger partial charge on any atom is 0.246 e. The first-order valence-electron chi connectivity index (χ1n) is 13.6. The van der Waals surface area contributed by atoms with Crippen LogP contribution in [-0.2, 0) is 32.1 Å². The summed E-state index contributed by atoms with van der Waals surface area (Å²) < 4.78 is 16.9. The minimum atomic E-state index is -1.28. The maximum atomic E-state index is 14.2. The van der Waals surface area contributed by atoms with E-state index in [4.69, 9.17) is 14.0 Å². The van der Waals surface area contributed by atoms with E-state index in [2.05, 4.69) is 15.8 Å². The van der Waals surface area contributed by atoms with Gasteiger partial charge in [-0.3, -0.25) is 14.4 Å². The summed E-state index contributed by atoms with van der Waals surface area (Å²) in [7, 11) is 1.61. The van der Waals surface area contributed by atoms with Gasteiger partial charge in [-0.05, 0) is 43.5 Å². The molecule has 3 aliphatic heterocycles. The summed E-state index contributed by atoms with van der Waals surface area (Å²) in [6.45, 7) is 4.08. The fourth-order valence-electron chi connectivity index (χ4n) is 6.42. The predicted octanol–water partition coefficient (Wildman–Crippen LogP) is 3.03. The molecule has 4 heterocycles. The molecule has 0 radical (unpaired) electrons. The van der Waals surface area contributed by atoms with Crippen molar-refractivity contribution in [2.24, 2.45) is 11.8 Å². The number of aromatic nitrogens is 1. The zero-order valence-electron chi connectivity index (χ0n) is 23.1. The number of fused-ring (bicyclic) bond motifs is 1. The van der Waals surface area contributed by atoms with E-state index in [1.807, 2.05) is 54.6 Å². The van der Waals surface area contributed by atoms with Crippen molar-refractivity contribution in [3.63, 3.8) is 0 Å². The van der Waals surface area contributed by atoms with E-state index in [1.165, 1.54) is 0 Å². The molecular weight excluding hydrogens is 524 g/mol. The molecule has 41 heavy (non-hydrogen) atoms. The summed E-state index contributed by atoms with van der Waals surface area (Å²) in [5.74, 6) is -1.24. The third kappa shape index (κ3) is 4.58. The molecule has 1 spiro atoms. The lowest BCUT2D eigenvalue weighted by Crippen LogP contribution is -2.55. The summed E-state index contributed by atoms with van der Waals surface area (Å²) in [5, 5.41) is 9.65. The number of nitrogens with zero attached hydrogens (tertiary/aromatic N) is 2. The van der Waals surface area contributed by atoms with Crippen LogP contribution >= 0.6 is 0 Å². The van der Waals surface area contributed by atoms with Gasteiger partial charge in [0.05, 0.1) is 24.5 Å². The van der Waals surface area contributed by atoms with Crippen LogP contribution in [0.4, 0.5) is 5.82 Å². The predicted molar refractivity (Wildman–Crippen MR) is 149 cm³/mol. The van der Waals surface area contributed by atoms with Crippen LogP contribution in [0.15, 0.2) is 77.3 Å². The summed E-state index contributed by atoms with van der Waals surface area (Å²) >= 11 is 0. The number of ether oxygens (including phenoxy) is 2. The van der Waals surface area contributed by atoms with Crippen molar-refractivity contribution in [2.45, 2.75) is 44.1 Å². The third-order valence-corrected chi connectivity index (χ3v) is 8.32. The van der Waals surface area contributed by atoms with E-state index in [9.17, 15) is 14.4 Å². The van der Waals surface area contributed by atoms with Crippen molar-refractivity contribution in [1.29, 1.82) is 0 Å².